The van der Waals surface area contributed by atoms with Crippen LogP contribution in [0.5, 0.6) is 0 Å². The fraction of sp³-hybridized carbons (Fsp3) is 0.951. The quantitative estimate of drug-likeness (QED) is 0.0515. The van der Waals surface area contributed by atoms with Gasteiger partial charge in [-0.2, -0.15) is 0 Å². The molecule has 246 valence electrons. The summed E-state index contributed by atoms with van der Waals surface area (Å²) in [5.74, 6) is 0.960. The first kappa shape index (κ1) is 40.7. The molecule has 0 aromatic carbocycles. The van der Waals surface area contributed by atoms with Gasteiger partial charge in [0.1, 0.15) is 0 Å². The smallest absolute Gasteiger partial charge is 0.0351 e. The van der Waals surface area contributed by atoms with Gasteiger partial charge in [-0.15, -0.1) is 0 Å². The van der Waals surface area contributed by atoms with Crippen molar-refractivity contribution >= 4 is 0 Å². The molecule has 0 nitrogen and oxygen atoms in total. The van der Waals surface area contributed by atoms with E-state index < -0.39 is 0 Å². The van der Waals surface area contributed by atoms with Gasteiger partial charge in [0.15, 0.2) is 0 Å². The van der Waals surface area contributed by atoms with Gasteiger partial charge >= 0.3 is 0 Å². The molecule has 0 N–H and O–H groups in total. The lowest BCUT2D eigenvalue weighted by Crippen LogP contribution is -1.95. The highest BCUT2D eigenvalue weighted by Crippen LogP contribution is 2.19. The lowest BCUT2D eigenvalue weighted by atomic mass is 9.95. The van der Waals surface area contributed by atoms with Gasteiger partial charge in [-0.25, -0.2) is 0 Å². The van der Waals surface area contributed by atoms with Crippen LogP contribution in [0.15, 0.2) is 12.2 Å². The van der Waals surface area contributed by atoms with Crippen molar-refractivity contribution in [3.05, 3.63) is 12.2 Å². The van der Waals surface area contributed by atoms with Crippen LogP contribution in [0.2, 0.25) is 0 Å². The van der Waals surface area contributed by atoms with Crippen LogP contribution in [0.25, 0.3) is 0 Å². The Morgan fingerprint density at radius 3 is 0.780 bits per heavy atom. The third kappa shape index (κ3) is 37.7. The molecule has 41 heavy (non-hydrogen) atoms. The molecule has 0 fully saturated rings. The molecule has 0 spiro atoms. The van der Waals surface area contributed by atoms with Crippen LogP contribution in [0.4, 0.5) is 0 Å². The van der Waals surface area contributed by atoms with Crippen LogP contribution in [0.1, 0.15) is 245 Å². The maximum atomic E-state index is 2.50. The molecule has 0 bridgehead atoms. The van der Waals surface area contributed by atoms with Crippen LogP contribution in [-0.4, -0.2) is 0 Å². The largest absolute Gasteiger partial charge is 0.0885 e. The maximum Gasteiger partial charge on any atom is -0.0351 e. The Bertz CT molecular complexity index is 463. The molecule has 0 aliphatic heterocycles. The zero-order valence-corrected chi connectivity index (χ0v) is 29.5. The number of allylic oxidation sites excluding steroid dienone is 2. The summed E-state index contributed by atoms with van der Waals surface area (Å²) < 4.78 is 0. The molecule has 0 aliphatic carbocycles. The number of hydrogen-bond donors (Lipinski definition) is 0. The highest BCUT2D eigenvalue weighted by atomic mass is 14.1. The Morgan fingerprint density at radius 1 is 0.293 bits per heavy atom. The fourth-order valence-corrected chi connectivity index (χ4v) is 6.46. The summed E-state index contributed by atoms with van der Waals surface area (Å²) in [6.45, 7) is 7.12. The molecule has 0 saturated carbocycles. The van der Waals surface area contributed by atoms with Crippen LogP contribution in [0, 0.1) is 5.92 Å². The standard InChI is InChI=1S/C41H82/c1-4-6-8-10-12-14-16-17-18-19-20-21-22-23-24-25-26-27-28-30-32-34-36-38-40-41(3)39-37-35-33-31-29-15-13-11-9-7-5-2/h23-24,41H,4-22,25-40H2,1-3H3/b24-23+. The minimum absolute atomic E-state index is 0.960. The highest BCUT2D eigenvalue weighted by Gasteiger charge is 2.02. The van der Waals surface area contributed by atoms with Crippen LogP contribution in [-0.2, 0) is 0 Å². The molecular weight excluding hydrogens is 492 g/mol. The molecule has 1 unspecified atom stereocenters. The van der Waals surface area contributed by atoms with E-state index in [0.29, 0.717) is 0 Å². The summed E-state index contributed by atoms with van der Waals surface area (Å²) in [7, 11) is 0. The summed E-state index contributed by atoms with van der Waals surface area (Å²) in [5, 5.41) is 0. The monoisotopic (exact) mass is 575 g/mol. The normalized spacial score (nSPS) is 12.6. The Morgan fingerprint density at radius 2 is 0.512 bits per heavy atom. The highest BCUT2D eigenvalue weighted by molar-refractivity contribution is 4.81. The lowest BCUT2D eigenvalue weighted by molar-refractivity contribution is 0.430. The Balaban J connectivity index is 3.17. The minimum atomic E-state index is 0.960. The van der Waals surface area contributed by atoms with Gasteiger partial charge in [0.05, 0.1) is 0 Å². The predicted molar refractivity (Wildman–Crippen MR) is 191 cm³/mol. The molecule has 0 saturated heterocycles. The molecule has 0 heteroatoms. The first-order chi connectivity index (χ1) is 20.3. The summed E-state index contributed by atoms with van der Waals surface area (Å²) in [6, 6.07) is 0. The van der Waals surface area contributed by atoms with Crippen LogP contribution >= 0.6 is 0 Å². The van der Waals surface area contributed by atoms with Crippen molar-refractivity contribution in [2.45, 2.75) is 245 Å². The zero-order chi connectivity index (χ0) is 29.7. The second-order valence-corrected chi connectivity index (χ2v) is 14.0. The van der Waals surface area contributed by atoms with E-state index in [1.54, 1.807) is 0 Å². The molecule has 0 aliphatic rings. The Hall–Kier alpha value is -0.260. The van der Waals surface area contributed by atoms with Crippen molar-refractivity contribution in [1.29, 1.82) is 0 Å². The van der Waals surface area contributed by atoms with Crippen LogP contribution in [0.3, 0.4) is 0 Å². The van der Waals surface area contributed by atoms with Gasteiger partial charge < -0.3 is 0 Å². The van der Waals surface area contributed by atoms with E-state index in [9.17, 15) is 0 Å². The van der Waals surface area contributed by atoms with E-state index in [1.807, 2.05) is 0 Å². The van der Waals surface area contributed by atoms with Crippen molar-refractivity contribution in [3.8, 4) is 0 Å². The van der Waals surface area contributed by atoms with Crippen molar-refractivity contribution in [2.24, 2.45) is 5.92 Å². The number of rotatable bonds is 36. The van der Waals surface area contributed by atoms with Crippen molar-refractivity contribution in [1.82, 2.24) is 0 Å². The minimum Gasteiger partial charge on any atom is -0.0885 e. The molecule has 0 aromatic rings. The number of hydrogen-bond acceptors (Lipinski definition) is 0. The van der Waals surface area contributed by atoms with E-state index >= 15 is 0 Å². The van der Waals surface area contributed by atoms with E-state index in [-0.39, 0.29) is 0 Å². The molecular formula is C41H82. The zero-order valence-electron chi connectivity index (χ0n) is 29.5. The first-order valence-electron chi connectivity index (χ1n) is 20.0. The first-order valence-corrected chi connectivity index (χ1v) is 20.0. The molecule has 1 atom stereocenters. The molecule has 0 amide bonds. The predicted octanol–water partition coefficient (Wildman–Crippen LogP) is 15.9. The Labute approximate surface area is 263 Å². The number of unbranched alkanes of at least 4 members (excludes halogenated alkanes) is 30. The second-order valence-electron chi connectivity index (χ2n) is 14.0. The van der Waals surface area contributed by atoms with Crippen molar-refractivity contribution < 1.29 is 0 Å². The summed E-state index contributed by atoms with van der Waals surface area (Å²) in [4.78, 5) is 0. The molecule has 0 heterocycles. The van der Waals surface area contributed by atoms with E-state index in [0.717, 1.165) is 5.92 Å². The van der Waals surface area contributed by atoms with Crippen LogP contribution < -0.4 is 0 Å². The Kier molecular flexibility index (Phi) is 37.5. The molecule has 0 radical (unpaired) electrons. The fourth-order valence-electron chi connectivity index (χ4n) is 6.46. The summed E-state index contributed by atoms with van der Waals surface area (Å²) in [5.41, 5.74) is 0. The topological polar surface area (TPSA) is 0 Å². The van der Waals surface area contributed by atoms with Crippen molar-refractivity contribution in [2.75, 3.05) is 0 Å². The van der Waals surface area contributed by atoms with Gasteiger partial charge in [-0.05, 0) is 31.6 Å². The third-order valence-electron chi connectivity index (χ3n) is 9.51. The van der Waals surface area contributed by atoms with E-state index in [1.165, 1.54) is 225 Å². The molecule has 0 aromatic heterocycles. The van der Waals surface area contributed by atoms with E-state index in [2.05, 4.69) is 32.9 Å². The summed E-state index contributed by atoms with van der Waals surface area (Å²) >= 11 is 0. The van der Waals surface area contributed by atoms with Crippen molar-refractivity contribution in [3.63, 3.8) is 0 Å². The van der Waals surface area contributed by atoms with Gasteiger partial charge in [-0.1, -0.05) is 232 Å². The SMILES string of the molecule is CCCCCCCCCCCCCC/C=C/CCCCCCCCCCC(C)CCCCCCCCCCCCC. The second kappa shape index (κ2) is 37.8. The average molecular weight is 575 g/mol. The maximum absolute atomic E-state index is 2.50. The van der Waals surface area contributed by atoms with Gasteiger partial charge in [0.2, 0.25) is 0 Å². The van der Waals surface area contributed by atoms with Gasteiger partial charge in [0, 0.05) is 0 Å². The lowest BCUT2D eigenvalue weighted by Gasteiger charge is -2.11. The third-order valence-corrected chi connectivity index (χ3v) is 9.51. The summed E-state index contributed by atoms with van der Waals surface area (Å²) in [6.07, 6.45) is 55.8. The van der Waals surface area contributed by atoms with Gasteiger partial charge in [-0.3, -0.25) is 0 Å². The van der Waals surface area contributed by atoms with Gasteiger partial charge in [0.25, 0.3) is 0 Å². The molecule has 0 rings (SSSR count). The average Bonchev–Trinajstić information content (AvgIpc) is 2.98. The van der Waals surface area contributed by atoms with E-state index in [4.69, 9.17) is 0 Å².